The third-order valence-corrected chi connectivity index (χ3v) is 9.01. The molecule has 3 aromatic heterocycles. The van der Waals surface area contributed by atoms with Gasteiger partial charge in [0.1, 0.15) is 23.2 Å². The van der Waals surface area contributed by atoms with E-state index in [2.05, 4.69) is 49.1 Å². The molecule has 170 valence electrons. The van der Waals surface area contributed by atoms with Gasteiger partial charge in [0.2, 0.25) is 0 Å². The third-order valence-electron chi connectivity index (χ3n) is 7.89. The van der Waals surface area contributed by atoms with Gasteiger partial charge in [-0.25, -0.2) is 15.0 Å². The Morgan fingerprint density at radius 2 is 2.00 bits per heavy atom. The summed E-state index contributed by atoms with van der Waals surface area (Å²) in [4.78, 5) is 13.3. The van der Waals surface area contributed by atoms with Crippen molar-refractivity contribution in [3.8, 4) is 0 Å². The van der Waals surface area contributed by atoms with Crippen LogP contribution in [0.2, 0.25) is 5.15 Å². The fourth-order valence-corrected chi connectivity index (χ4v) is 6.62. The molecule has 5 unspecified atom stereocenters. The fraction of sp³-hybridized carbons (Fsp3) is 0.400. The highest BCUT2D eigenvalue weighted by Gasteiger charge is 2.56. The SMILES string of the molecule is Cc1ncnc2c1ccn2C1CC2(CCC(c3ccc4cc(Br)c(Cl)nc4c3)C2)C(O)C1O. The molecule has 0 radical (unpaired) electrons. The van der Waals surface area contributed by atoms with Gasteiger partial charge in [-0.05, 0) is 78.2 Å². The monoisotopic (exact) mass is 526 g/mol. The van der Waals surface area contributed by atoms with Crippen molar-refractivity contribution in [2.24, 2.45) is 5.41 Å². The first kappa shape index (κ1) is 21.5. The number of hydrogen-bond acceptors (Lipinski definition) is 5. The minimum Gasteiger partial charge on any atom is -0.390 e. The third kappa shape index (κ3) is 3.32. The summed E-state index contributed by atoms with van der Waals surface area (Å²) in [5.41, 5.74) is 3.51. The van der Waals surface area contributed by atoms with Crippen LogP contribution in [0.4, 0.5) is 0 Å². The number of halogens is 2. The maximum atomic E-state index is 11.2. The van der Waals surface area contributed by atoms with Crippen molar-refractivity contribution < 1.29 is 10.2 Å². The Morgan fingerprint density at radius 3 is 2.85 bits per heavy atom. The van der Waals surface area contributed by atoms with Crippen LogP contribution in [-0.4, -0.2) is 41.9 Å². The number of benzene rings is 1. The van der Waals surface area contributed by atoms with Crippen molar-refractivity contribution in [1.82, 2.24) is 19.5 Å². The Hall–Kier alpha value is -2.06. The molecule has 0 bridgehead atoms. The Balaban J connectivity index is 1.30. The van der Waals surface area contributed by atoms with E-state index >= 15 is 0 Å². The lowest BCUT2D eigenvalue weighted by Gasteiger charge is -2.28. The van der Waals surface area contributed by atoms with Crippen LogP contribution in [0.15, 0.2) is 47.3 Å². The Kier molecular flexibility index (Phi) is 5.03. The van der Waals surface area contributed by atoms with E-state index in [0.29, 0.717) is 11.1 Å². The molecule has 4 aromatic rings. The molecule has 3 heterocycles. The summed E-state index contributed by atoms with van der Waals surface area (Å²) in [6, 6.07) is 10.1. The maximum absolute atomic E-state index is 11.2. The quantitative estimate of drug-likeness (QED) is 0.345. The molecule has 2 aliphatic carbocycles. The lowest BCUT2D eigenvalue weighted by atomic mass is 9.80. The lowest BCUT2D eigenvalue weighted by molar-refractivity contribution is -0.0260. The molecular formula is C25H24BrClN4O2. The molecule has 2 saturated carbocycles. The van der Waals surface area contributed by atoms with Gasteiger partial charge in [-0.3, -0.25) is 0 Å². The number of hydrogen-bond donors (Lipinski definition) is 2. The van der Waals surface area contributed by atoms with Crippen LogP contribution in [0.3, 0.4) is 0 Å². The van der Waals surface area contributed by atoms with Crippen molar-refractivity contribution in [3.63, 3.8) is 0 Å². The number of aliphatic hydroxyl groups excluding tert-OH is 2. The molecule has 0 amide bonds. The second-order valence-corrected chi connectivity index (χ2v) is 10.9. The van der Waals surface area contributed by atoms with Gasteiger partial charge in [0.25, 0.3) is 0 Å². The van der Waals surface area contributed by atoms with Crippen LogP contribution in [0.1, 0.15) is 48.9 Å². The van der Waals surface area contributed by atoms with Crippen LogP contribution in [0.5, 0.6) is 0 Å². The average Bonchev–Trinajstić information content (AvgIpc) is 3.48. The van der Waals surface area contributed by atoms with E-state index in [1.54, 1.807) is 6.33 Å². The zero-order chi connectivity index (χ0) is 22.9. The summed E-state index contributed by atoms with van der Waals surface area (Å²) in [6.45, 7) is 1.96. The number of pyridine rings is 1. The summed E-state index contributed by atoms with van der Waals surface area (Å²) >= 11 is 9.66. The van der Waals surface area contributed by atoms with Crippen molar-refractivity contribution in [1.29, 1.82) is 0 Å². The van der Waals surface area contributed by atoms with Crippen LogP contribution in [0.25, 0.3) is 21.9 Å². The molecule has 6 rings (SSSR count). The van der Waals surface area contributed by atoms with Gasteiger partial charge >= 0.3 is 0 Å². The molecule has 33 heavy (non-hydrogen) atoms. The molecule has 6 nitrogen and oxygen atoms in total. The molecule has 1 spiro atoms. The van der Waals surface area contributed by atoms with E-state index in [4.69, 9.17) is 11.6 Å². The van der Waals surface area contributed by atoms with Gasteiger partial charge in [-0.2, -0.15) is 0 Å². The highest BCUT2D eigenvalue weighted by atomic mass is 79.9. The highest BCUT2D eigenvalue weighted by molar-refractivity contribution is 9.10. The van der Waals surface area contributed by atoms with Crippen LogP contribution < -0.4 is 0 Å². The standard InChI is InChI=1S/C25H24BrClN4O2/c1-13-17-5-7-31(24(17)29-12-28-13)20-11-25(22(33)21(20)32)6-4-16(10-25)14-2-3-15-8-18(26)23(27)30-19(15)9-14/h2-3,5,7-9,12,16,20-22,32-33H,4,6,10-11H2,1H3. The second-order valence-electron chi connectivity index (χ2n) is 9.64. The second kappa shape index (κ2) is 7.73. The zero-order valence-electron chi connectivity index (χ0n) is 18.1. The molecule has 0 aliphatic heterocycles. The van der Waals surface area contributed by atoms with E-state index in [1.165, 1.54) is 5.56 Å². The van der Waals surface area contributed by atoms with E-state index < -0.39 is 12.2 Å². The van der Waals surface area contributed by atoms with Crippen LogP contribution >= 0.6 is 27.5 Å². The van der Waals surface area contributed by atoms with Crippen molar-refractivity contribution in [3.05, 3.63) is 63.7 Å². The van der Waals surface area contributed by atoms with Crippen molar-refractivity contribution >= 4 is 49.5 Å². The summed E-state index contributed by atoms with van der Waals surface area (Å²) < 4.78 is 2.82. The molecule has 5 atom stereocenters. The number of aliphatic hydroxyl groups is 2. The minimum atomic E-state index is -0.830. The Bertz CT molecular complexity index is 1390. The van der Waals surface area contributed by atoms with Gasteiger partial charge < -0.3 is 14.8 Å². The molecule has 8 heteroatoms. The van der Waals surface area contributed by atoms with Gasteiger partial charge in [0.05, 0.1) is 27.8 Å². The predicted octanol–water partition coefficient (Wildman–Crippen LogP) is 5.32. The van der Waals surface area contributed by atoms with Crippen LogP contribution in [0, 0.1) is 12.3 Å². The Morgan fingerprint density at radius 1 is 1.15 bits per heavy atom. The van der Waals surface area contributed by atoms with Gasteiger partial charge in [0.15, 0.2) is 0 Å². The summed E-state index contributed by atoms with van der Waals surface area (Å²) in [7, 11) is 0. The van der Waals surface area contributed by atoms with Crippen LogP contribution in [-0.2, 0) is 0 Å². The Labute approximate surface area is 204 Å². The number of fused-ring (bicyclic) bond motifs is 2. The molecule has 1 aromatic carbocycles. The van der Waals surface area contributed by atoms with E-state index in [0.717, 1.165) is 57.8 Å². The largest absolute Gasteiger partial charge is 0.390 e. The number of aryl methyl sites for hydroxylation is 1. The molecule has 2 N–H and O–H groups in total. The first-order chi connectivity index (χ1) is 15.9. The van der Waals surface area contributed by atoms with E-state index in [9.17, 15) is 10.2 Å². The molecule has 2 aliphatic rings. The maximum Gasteiger partial charge on any atom is 0.143 e. The van der Waals surface area contributed by atoms with E-state index in [1.807, 2.05) is 29.8 Å². The summed E-state index contributed by atoms with van der Waals surface area (Å²) in [5, 5.41) is 24.8. The van der Waals surface area contributed by atoms with Gasteiger partial charge in [-0.1, -0.05) is 23.7 Å². The first-order valence-corrected chi connectivity index (χ1v) is 12.4. The molecule has 0 saturated heterocycles. The predicted molar refractivity (Wildman–Crippen MR) is 131 cm³/mol. The first-order valence-electron chi connectivity index (χ1n) is 11.3. The van der Waals surface area contributed by atoms with Crippen molar-refractivity contribution in [2.45, 2.75) is 56.8 Å². The smallest absolute Gasteiger partial charge is 0.143 e. The van der Waals surface area contributed by atoms with Gasteiger partial charge in [0, 0.05) is 22.4 Å². The topological polar surface area (TPSA) is 84.1 Å². The minimum absolute atomic E-state index is 0.208. The zero-order valence-corrected chi connectivity index (χ0v) is 20.5. The molecular weight excluding hydrogens is 504 g/mol. The van der Waals surface area contributed by atoms with E-state index in [-0.39, 0.29) is 11.5 Å². The van der Waals surface area contributed by atoms with Gasteiger partial charge in [-0.15, -0.1) is 0 Å². The lowest BCUT2D eigenvalue weighted by Crippen LogP contribution is -2.35. The summed E-state index contributed by atoms with van der Waals surface area (Å²) in [5.74, 6) is 0.310. The molecule has 2 fully saturated rings. The number of nitrogens with zero attached hydrogens (tertiary/aromatic N) is 4. The normalized spacial score (nSPS) is 29.6. The average molecular weight is 528 g/mol. The highest BCUT2D eigenvalue weighted by Crippen LogP contribution is 2.58. The fourth-order valence-electron chi connectivity index (χ4n) is 6.14. The number of aromatic nitrogens is 4. The van der Waals surface area contributed by atoms with Crippen molar-refractivity contribution in [2.75, 3.05) is 0 Å². The number of rotatable bonds is 2. The summed E-state index contributed by atoms with van der Waals surface area (Å²) in [6.07, 6.45) is 5.35.